The molecule has 1 rings (SSSR count). The van der Waals surface area contributed by atoms with Gasteiger partial charge in [0.1, 0.15) is 0 Å². The van der Waals surface area contributed by atoms with Crippen LogP contribution < -0.4 is 0 Å². The molecule has 0 fully saturated rings. The van der Waals surface area contributed by atoms with Crippen molar-refractivity contribution < 1.29 is 26.3 Å². The fourth-order valence-corrected chi connectivity index (χ4v) is 1.70. The molecule has 1 nitrogen and oxygen atoms in total. The highest BCUT2D eigenvalue weighted by Crippen LogP contribution is 2.43. The van der Waals surface area contributed by atoms with E-state index >= 15 is 0 Å². The Hall–Kier alpha value is -1.36. The Morgan fingerprint density at radius 2 is 1.65 bits per heavy atom. The Morgan fingerprint density at radius 3 is 2.06 bits per heavy atom. The second-order valence-electron chi connectivity index (χ2n) is 2.87. The molecule has 1 aromatic rings. The number of hydrogen-bond acceptors (Lipinski definition) is 2. The van der Waals surface area contributed by atoms with Gasteiger partial charge in [0, 0.05) is 4.90 Å². The van der Waals surface area contributed by atoms with Crippen molar-refractivity contribution in [2.24, 2.45) is 0 Å². The molecule has 0 heterocycles. The highest BCUT2D eigenvalue weighted by Gasteiger charge is 2.38. The Bertz CT molecular complexity index is 456. The second-order valence-corrected chi connectivity index (χ2v) is 3.98. The largest absolute Gasteiger partial charge is 0.446 e. The van der Waals surface area contributed by atoms with Gasteiger partial charge >= 0.3 is 11.7 Å². The van der Waals surface area contributed by atoms with Crippen molar-refractivity contribution in [2.45, 2.75) is 16.6 Å². The van der Waals surface area contributed by atoms with Crippen molar-refractivity contribution in [3.63, 3.8) is 0 Å². The Labute approximate surface area is 96.0 Å². The molecule has 0 bridgehead atoms. The number of hydrogen-bond donors (Lipinski definition) is 0. The highest BCUT2D eigenvalue weighted by atomic mass is 32.2. The second kappa shape index (κ2) is 4.49. The summed E-state index contributed by atoms with van der Waals surface area (Å²) in [5.41, 5.74) is -6.61. The van der Waals surface area contributed by atoms with Gasteiger partial charge in [-0.1, -0.05) is 0 Å². The van der Waals surface area contributed by atoms with Gasteiger partial charge in [-0.25, -0.2) is 0 Å². The topological polar surface area (TPSA) is 23.8 Å². The fourth-order valence-electron chi connectivity index (χ4n) is 1.03. The maximum absolute atomic E-state index is 12.4. The molecule has 92 valence electrons. The maximum atomic E-state index is 12.4. The lowest BCUT2D eigenvalue weighted by Gasteiger charge is -2.13. The first-order chi connectivity index (χ1) is 7.63. The predicted octanol–water partition coefficient (Wildman–Crippen LogP) is 4.19. The van der Waals surface area contributed by atoms with Gasteiger partial charge in [0.2, 0.25) is 0 Å². The van der Waals surface area contributed by atoms with Gasteiger partial charge in [0.15, 0.2) is 0 Å². The van der Waals surface area contributed by atoms with E-state index in [4.69, 9.17) is 5.26 Å². The van der Waals surface area contributed by atoms with Crippen LogP contribution in [0.3, 0.4) is 0 Å². The van der Waals surface area contributed by atoms with E-state index < -0.39 is 33.9 Å². The minimum Gasteiger partial charge on any atom is -0.192 e. The first-order valence-corrected chi connectivity index (χ1v) is 4.82. The molecule has 0 aromatic heterocycles. The summed E-state index contributed by atoms with van der Waals surface area (Å²) in [7, 11) is 0. The van der Waals surface area contributed by atoms with Gasteiger partial charge in [-0.05, 0) is 30.0 Å². The summed E-state index contributed by atoms with van der Waals surface area (Å²) in [6.45, 7) is 0. The first-order valence-electron chi connectivity index (χ1n) is 4.00. The maximum Gasteiger partial charge on any atom is 0.446 e. The lowest BCUT2D eigenvalue weighted by molar-refractivity contribution is -0.139. The van der Waals surface area contributed by atoms with Crippen molar-refractivity contribution in [3.05, 3.63) is 29.3 Å². The lowest BCUT2D eigenvalue weighted by Crippen LogP contribution is -2.09. The lowest BCUT2D eigenvalue weighted by atomic mass is 10.1. The molecule has 0 spiro atoms. The molecule has 0 aliphatic heterocycles. The standard InChI is InChI=1S/C9H3F6NS/c10-8(11,12)6-3-5(4-16)1-2-7(6)17-9(13,14)15/h1-3H. The summed E-state index contributed by atoms with van der Waals surface area (Å²) >= 11 is -0.856. The average Bonchev–Trinajstić information content (AvgIpc) is 2.14. The van der Waals surface area contributed by atoms with Gasteiger partial charge in [0.05, 0.1) is 17.2 Å². The summed E-state index contributed by atoms with van der Waals surface area (Å²) in [6.07, 6.45) is -4.93. The van der Waals surface area contributed by atoms with Gasteiger partial charge in [0.25, 0.3) is 0 Å². The third-order valence-electron chi connectivity index (χ3n) is 1.64. The van der Waals surface area contributed by atoms with Crippen LogP contribution in [-0.2, 0) is 6.18 Å². The minimum absolute atomic E-state index is 0.344. The van der Waals surface area contributed by atoms with Crippen LogP contribution in [-0.4, -0.2) is 5.51 Å². The van der Waals surface area contributed by atoms with E-state index in [2.05, 4.69) is 0 Å². The molecule has 0 atom stereocenters. The molecule has 0 saturated heterocycles. The summed E-state index contributed by atoms with van der Waals surface area (Å²) in [5, 5.41) is 8.40. The third kappa shape index (κ3) is 3.85. The van der Waals surface area contributed by atoms with Crippen molar-refractivity contribution in [1.29, 1.82) is 5.26 Å². The van der Waals surface area contributed by atoms with Crippen molar-refractivity contribution in [3.8, 4) is 6.07 Å². The monoisotopic (exact) mass is 271 g/mol. The van der Waals surface area contributed by atoms with E-state index in [-0.39, 0.29) is 5.56 Å². The fraction of sp³-hybridized carbons (Fsp3) is 0.222. The summed E-state index contributed by atoms with van der Waals surface area (Å²) in [6, 6.07) is 3.38. The molecular formula is C9H3F6NS. The first kappa shape index (κ1) is 13.7. The number of rotatable bonds is 1. The smallest absolute Gasteiger partial charge is 0.192 e. The van der Waals surface area contributed by atoms with Crippen LogP contribution in [0.4, 0.5) is 26.3 Å². The Kier molecular flexibility index (Phi) is 3.62. The molecule has 1 aromatic carbocycles. The van der Waals surface area contributed by atoms with Gasteiger partial charge < -0.3 is 0 Å². The predicted molar refractivity (Wildman–Crippen MR) is 48.1 cm³/mol. The normalized spacial score (nSPS) is 12.3. The van der Waals surface area contributed by atoms with Crippen LogP contribution in [0, 0.1) is 11.3 Å². The molecule has 0 radical (unpaired) electrons. The molecule has 0 amide bonds. The number of nitriles is 1. The quantitative estimate of drug-likeness (QED) is 0.565. The SMILES string of the molecule is N#Cc1ccc(SC(F)(F)F)c(C(F)(F)F)c1. The summed E-state index contributed by atoms with van der Waals surface area (Å²) < 4.78 is 73.4. The van der Waals surface area contributed by atoms with Crippen molar-refractivity contribution >= 4 is 11.8 Å². The van der Waals surface area contributed by atoms with E-state index in [1.807, 2.05) is 0 Å². The molecule has 17 heavy (non-hydrogen) atoms. The highest BCUT2D eigenvalue weighted by molar-refractivity contribution is 8.00. The van der Waals surface area contributed by atoms with Crippen LogP contribution >= 0.6 is 11.8 Å². The Balaban J connectivity index is 3.27. The van der Waals surface area contributed by atoms with Gasteiger partial charge in [-0.15, -0.1) is 0 Å². The van der Waals surface area contributed by atoms with E-state index in [0.29, 0.717) is 12.1 Å². The van der Waals surface area contributed by atoms with Crippen molar-refractivity contribution in [1.82, 2.24) is 0 Å². The van der Waals surface area contributed by atoms with Crippen LogP contribution in [0.15, 0.2) is 23.1 Å². The summed E-state index contributed by atoms with van der Waals surface area (Å²) in [4.78, 5) is -0.969. The van der Waals surface area contributed by atoms with Crippen LogP contribution in [0.1, 0.15) is 11.1 Å². The zero-order chi connectivity index (χ0) is 13.3. The van der Waals surface area contributed by atoms with Gasteiger partial charge in [-0.2, -0.15) is 31.6 Å². The van der Waals surface area contributed by atoms with E-state index in [0.717, 1.165) is 6.07 Å². The number of thioether (sulfide) groups is 1. The molecular weight excluding hydrogens is 268 g/mol. The average molecular weight is 271 g/mol. The van der Waals surface area contributed by atoms with Crippen molar-refractivity contribution in [2.75, 3.05) is 0 Å². The van der Waals surface area contributed by atoms with Gasteiger partial charge in [-0.3, -0.25) is 0 Å². The zero-order valence-corrected chi connectivity index (χ0v) is 8.67. The molecule has 8 heteroatoms. The molecule has 0 N–H and O–H groups in total. The number of halogens is 6. The molecule has 0 aliphatic carbocycles. The van der Waals surface area contributed by atoms with Crippen LogP contribution in [0.25, 0.3) is 0 Å². The van der Waals surface area contributed by atoms with E-state index in [1.54, 1.807) is 0 Å². The number of benzene rings is 1. The Morgan fingerprint density at radius 1 is 1.06 bits per heavy atom. The number of alkyl halides is 6. The molecule has 0 aliphatic rings. The third-order valence-corrected chi connectivity index (χ3v) is 2.45. The molecule has 0 saturated carbocycles. The van der Waals surface area contributed by atoms with E-state index in [1.165, 1.54) is 6.07 Å². The van der Waals surface area contributed by atoms with E-state index in [9.17, 15) is 26.3 Å². The number of nitrogens with zero attached hydrogens (tertiary/aromatic N) is 1. The minimum atomic E-state index is -4.93. The van der Waals surface area contributed by atoms with Crippen LogP contribution in [0.2, 0.25) is 0 Å². The molecule has 0 unspecified atom stereocenters. The zero-order valence-electron chi connectivity index (χ0n) is 7.86. The summed E-state index contributed by atoms with van der Waals surface area (Å²) in [5.74, 6) is 0. The van der Waals surface area contributed by atoms with Crippen LogP contribution in [0.5, 0.6) is 0 Å².